The van der Waals surface area contributed by atoms with Crippen molar-refractivity contribution >= 4 is 11.6 Å². The van der Waals surface area contributed by atoms with E-state index in [1.807, 2.05) is 61.2 Å². The molecule has 0 bridgehead atoms. The van der Waals surface area contributed by atoms with Gasteiger partial charge in [-0.1, -0.05) is 24.3 Å². The van der Waals surface area contributed by atoms with E-state index in [0.717, 1.165) is 24.5 Å². The van der Waals surface area contributed by atoms with E-state index in [0.29, 0.717) is 31.2 Å². The van der Waals surface area contributed by atoms with Gasteiger partial charge in [-0.2, -0.15) is 0 Å². The van der Waals surface area contributed by atoms with Crippen molar-refractivity contribution in [3.63, 3.8) is 0 Å². The lowest BCUT2D eigenvalue weighted by Crippen LogP contribution is -2.56. The topological polar surface area (TPSA) is 51.2 Å². The van der Waals surface area contributed by atoms with E-state index < -0.39 is 6.10 Å². The van der Waals surface area contributed by atoms with Crippen LogP contribution in [0.5, 0.6) is 17.2 Å². The van der Waals surface area contributed by atoms with E-state index in [9.17, 15) is 4.79 Å². The molecule has 28 heavy (non-hydrogen) atoms. The van der Waals surface area contributed by atoms with Gasteiger partial charge in [0, 0.05) is 26.2 Å². The van der Waals surface area contributed by atoms with Crippen LogP contribution in [0.3, 0.4) is 0 Å². The van der Waals surface area contributed by atoms with Crippen LogP contribution < -0.4 is 19.1 Å². The molecular formula is C22H26N2O4. The van der Waals surface area contributed by atoms with Crippen molar-refractivity contribution in [1.29, 1.82) is 0 Å². The van der Waals surface area contributed by atoms with E-state index >= 15 is 0 Å². The fourth-order valence-corrected chi connectivity index (χ4v) is 3.73. The number of hydrogen-bond donors (Lipinski definition) is 0. The van der Waals surface area contributed by atoms with E-state index in [-0.39, 0.29) is 12.0 Å². The minimum atomic E-state index is -0.614. The van der Waals surface area contributed by atoms with Crippen LogP contribution in [0.25, 0.3) is 0 Å². The Bertz CT molecular complexity index is 833. The highest BCUT2D eigenvalue weighted by Gasteiger charge is 2.37. The van der Waals surface area contributed by atoms with Gasteiger partial charge in [0.2, 0.25) is 6.10 Å². The van der Waals surface area contributed by atoms with Gasteiger partial charge < -0.3 is 24.0 Å². The Morgan fingerprint density at radius 1 is 1.00 bits per heavy atom. The number of amides is 1. The van der Waals surface area contributed by atoms with Crippen molar-refractivity contribution in [3.8, 4) is 17.2 Å². The van der Waals surface area contributed by atoms with Gasteiger partial charge in [-0.25, -0.2) is 0 Å². The fraction of sp³-hybridized carbons (Fsp3) is 0.409. The number of piperazine rings is 1. The molecule has 0 spiro atoms. The van der Waals surface area contributed by atoms with Crippen molar-refractivity contribution in [1.82, 2.24) is 4.90 Å². The number of fused-ring (bicyclic) bond motifs is 1. The normalized spacial score (nSPS) is 21.4. The predicted molar refractivity (Wildman–Crippen MR) is 107 cm³/mol. The molecule has 0 N–H and O–H groups in total. The maximum atomic E-state index is 13.1. The standard InChI is InChI=1S/C22H26N2O4/c1-3-26-18-9-5-4-8-17(18)23-12-14-24(15-13-23)22(25)21-16(2)27-19-10-6-7-11-20(19)28-21/h4-11,16,21H,3,12-15H2,1-2H3. The van der Waals surface area contributed by atoms with Gasteiger partial charge in [0.25, 0.3) is 5.91 Å². The Morgan fingerprint density at radius 2 is 1.64 bits per heavy atom. The third-order valence-corrected chi connectivity index (χ3v) is 5.18. The molecule has 148 valence electrons. The first-order chi connectivity index (χ1) is 13.7. The number of rotatable bonds is 4. The van der Waals surface area contributed by atoms with E-state index in [4.69, 9.17) is 14.2 Å². The molecule has 2 unspecified atom stereocenters. The molecule has 2 aliphatic rings. The molecule has 0 radical (unpaired) electrons. The molecule has 2 atom stereocenters. The van der Waals surface area contributed by atoms with Crippen LogP contribution in [-0.4, -0.2) is 55.8 Å². The number of hydrogen-bond acceptors (Lipinski definition) is 5. The summed E-state index contributed by atoms with van der Waals surface area (Å²) in [4.78, 5) is 17.2. The Balaban J connectivity index is 1.41. The first kappa shape index (κ1) is 18.5. The smallest absolute Gasteiger partial charge is 0.267 e. The quantitative estimate of drug-likeness (QED) is 0.814. The van der Waals surface area contributed by atoms with Gasteiger partial charge in [-0.15, -0.1) is 0 Å². The third-order valence-electron chi connectivity index (χ3n) is 5.18. The molecule has 6 nitrogen and oxygen atoms in total. The number of benzene rings is 2. The van der Waals surface area contributed by atoms with Crippen LogP contribution in [0, 0.1) is 0 Å². The van der Waals surface area contributed by atoms with Crippen molar-refractivity contribution in [3.05, 3.63) is 48.5 Å². The summed E-state index contributed by atoms with van der Waals surface area (Å²) in [6.07, 6.45) is -0.934. The van der Waals surface area contributed by atoms with E-state index in [1.54, 1.807) is 0 Å². The average Bonchev–Trinajstić information content (AvgIpc) is 2.73. The molecular weight excluding hydrogens is 356 g/mol. The molecule has 6 heteroatoms. The number of carbonyl (C=O) groups excluding carboxylic acids is 1. The van der Waals surface area contributed by atoms with Crippen LogP contribution in [0.2, 0.25) is 0 Å². The molecule has 0 aliphatic carbocycles. The maximum absolute atomic E-state index is 13.1. The molecule has 2 aromatic carbocycles. The van der Waals surface area contributed by atoms with Crippen LogP contribution in [0.4, 0.5) is 5.69 Å². The molecule has 1 amide bonds. The molecule has 2 heterocycles. The Morgan fingerprint density at radius 3 is 2.36 bits per heavy atom. The maximum Gasteiger partial charge on any atom is 0.267 e. The van der Waals surface area contributed by atoms with Crippen LogP contribution in [0.1, 0.15) is 13.8 Å². The highest BCUT2D eigenvalue weighted by atomic mass is 16.6. The lowest BCUT2D eigenvalue weighted by Gasteiger charge is -2.39. The minimum Gasteiger partial charge on any atom is -0.492 e. The monoisotopic (exact) mass is 382 g/mol. The number of nitrogens with zero attached hydrogens (tertiary/aromatic N) is 2. The van der Waals surface area contributed by atoms with E-state index in [2.05, 4.69) is 11.0 Å². The molecule has 1 fully saturated rings. The summed E-state index contributed by atoms with van der Waals surface area (Å²) in [5.74, 6) is 2.19. The Kier molecular flexibility index (Phi) is 5.28. The number of carbonyl (C=O) groups is 1. The summed E-state index contributed by atoms with van der Waals surface area (Å²) in [5.41, 5.74) is 1.08. The predicted octanol–water partition coefficient (Wildman–Crippen LogP) is 2.96. The highest BCUT2D eigenvalue weighted by molar-refractivity contribution is 5.83. The van der Waals surface area contributed by atoms with Gasteiger partial charge in [0.15, 0.2) is 11.5 Å². The second-order valence-corrected chi connectivity index (χ2v) is 7.02. The summed E-state index contributed by atoms with van der Waals surface area (Å²) in [7, 11) is 0. The van der Waals surface area contributed by atoms with Crippen molar-refractivity contribution in [2.24, 2.45) is 0 Å². The molecule has 0 aromatic heterocycles. The first-order valence-electron chi connectivity index (χ1n) is 9.85. The lowest BCUT2D eigenvalue weighted by atomic mass is 10.1. The summed E-state index contributed by atoms with van der Waals surface area (Å²) in [6.45, 7) is 7.31. The fourth-order valence-electron chi connectivity index (χ4n) is 3.73. The Hall–Kier alpha value is -2.89. The summed E-state index contributed by atoms with van der Waals surface area (Å²) >= 11 is 0. The van der Waals surface area contributed by atoms with Gasteiger partial charge in [-0.3, -0.25) is 4.79 Å². The number of para-hydroxylation sites is 4. The van der Waals surface area contributed by atoms with Crippen LogP contribution in [0.15, 0.2) is 48.5 Å². The number of anilines is 1. The summed E-state index contributed by atoms with van der Waals surface area (Å²) in [6, 6.07) is 15.5. The third kappa shape index (κ3) is 3.59. The average molecular weight is 382 g/mol. The summed E-state index contributed by atoms with van der Waals surface area (Å²) < 4.78 is 17.6. The van der Waals surface area contributed by atoms with Gasteiger partial charge in [0.1, 0.15) is 11.9 Å². The molecule has 4 rings (SSSR count). The van der Waals surface area contributed by atoms with Crippen LogP contribution in [-0.2, 0) is 4.79 Å². The Labute approximate surface area is 165 Å². The second kappa shape index (κ2) is 8.00. The minimum absolute atomic E-state index is 0.0141. The van der Waals surface area contributed by atoms with Crippen molar-refractivity contribution in [2.75, 3.05) is 37.7 Å². The summed E-state index contributed by atoms with van der Waals surface area (Å²) in [5, 5.41) is 0. The molecule has 0 saturated carbocycles. The zero-order valence-corrected chi connectivity index (χ0v) is 16.3. The van der Waals surface area contributed by atoms with Crippen molar-refractivity contribution in [2.45, 2.75) is 26.1 Å². The highest BCUT2D eigenvalue weighted by Crippen LogP contribution is 2.34. The van der Waals surface area contributed by atoms with E-state index in [1.165, 1.54) is 0 Å². The lowest BCUT2D eigenvalue weighted by molar-refractivity contribution is -0.144. The van der Waals surface area contributed by atoms with Gasteiger partial charge >= 0.3 is 0 Å². The van der Waals surface area contributed by atoms with Crippen molar-refractivity contribution < 1.29 is 19.0 Å². The number of ether oxygens (including phenoxy) is 3. The molecule has 1 saturated heterocycles. The largest absolute Gasteiger partial charge is 0.492 e. The van der Waals surface area contributed by atoms with Gasteiger partial charge in [0.05, 0.1) is 12.3 Å². The second-order valence-electron chi connectivity index (χ2n) is 7.02. The molecule has 2 aliphatic heterocycles. The zero-order valence-electron chi connectivity index (χ0n) is 16.3. The first-order valence-corrected chi connectivity index (χ1v) is 9.85. The zero-order chi connectivity index (χ0) is 19.5. The van der Waals surface area contributed by atoms with Gasteiger partial charge in [-0.05, 0) is 38.1 Å². The molecule has 2 aromatic rings. The SMILES string of the molecule is CCOc1ccccc1N1CCN(C(=O)C2Oc3ccccc3OC2C)CC1. The van der Waals surface area contributed by atoms with Crippen LogP contribution >= 0.6 is 0 Å².